The highest BCUT2D eigenvalue weighted by Crippen LogP contribution is 2.41. The summed E-state index contributed by atoms with van der Waals surface area (Å²) in [4.78, 5) is 19.0. The molecule has 0 saturated heterocycles. The van der Waals surface area contributed by atoms with Crippen LogP contribution in [0.25, 0.3) is 21.5 Å². The fraction of sp³-hybridized carbons (Fsp3) is 0. The Balaban J connectivity index is 1.67. The molecular formula is C24H9BClF3N6. The molecule has 35 heavy (non-hydrogen) atoms. The molecule has 0 unspecified atom stereocenters. The van der Waals surface area contributed by atoms with Gasteiger partial charge in [-0.3, -0.25) is 0 Å². The predicted molar refractivity (Wildman–Crippen MR) is 127 cm³/mol. The largest absolute Gasteiger partial charge is 0.499 e. The van der Waals surface area contributed by atoms with Crippen molar-refractivity contribution >= 4 is 62.7 Å². The van der Waals surface area contributed by atoms with E-state index in [1.165, 1.54) is 36.4 Å². The molecule has 8 rings (SSSR count). The molecule has 0 aliphatic carbocycles. The van der Waals surface area contributed by atoms with Crippen molar-refractivity contribution in [2.24, 2.45) is 20.0 Å². The number of hydrogen-bond acceptors (Lipinski definition) is 4. The fourth-order valence-corrected chi connectivity index (χ4v) is 5.45. The molecule has 3 aliphatic heterocycles. The monoisotopic (exact) mass is 484 g/mol. The van der Waals surface area contributed by atoms with Gasteiger partial charge < -0.3 is 8.96 Å². The zero-order valence-corrected chi connectivity index (χ0v) is 18.2. The summed E-state index contributed by atoms with van der Waals surface area (Å²) in [5.41, 5.74) is 1.86. The van der Waals surface area contributed by atoms with Crippen molar-refractivity contribution in [2.45, 2.75) is 0 Å². The van der Waals surface area contributed by atoms with Gasteiger partial charge in [0.2, 0.25) is 0 Å². The molecule has 4 bridgehead atoms. The summed E-state index contributed by atoms with van der Waals surface area (Å²) in [5.74, 6) is 0.0395. The summed E-state index contributed by atoms with van der Waals surface area (Å²) < 4.78 is 46.2. The summed E-state index contributed by atoms with van der Waals surface area (Å²) in [5, 5.41) is 2.25. The summed E-state index contributed by atoms with van der Waals surface area (Å²) in [6, 6.07) is 12.9. The first-order valence-electron chi connectivity index (χ1n) is 10.7. The molecule has 5 aromatic rings. The zero-order valence-electron chi connectivity index (χ0n) is 17.5. The van der Waals surface area contributed by atoms with Crippen LogP contribution in [0.3, 0.4) is 0 Å². The van der Waals surface area contributed by atoms with Crippen LogP contribution in [-0.4, -0.2) is 27.0 Å². The standard InChI is InChI=1S/C24H9BClF3N6/c26-25-34-21-14-5-2-12(29)9-18(14)24(34)33-22-15-6-3-11(28)8-17(15)23(35(22)25)31-19-13-4-1-10(27)7-16(13)20(30-19)32-21/h1-9H/b31-19-,31-23?,32-20?,32-21-. The molecule has 5 heterocycles. The van der Waals surface area contributed by atoms with Crippen molar-refractivity contribution in [3.8, 4) is 0 Å². The number of hydrogen-bond donors (Lipinski definition) is 0. The third-order valence-electron chi connectivity index (χ3n) is 6.58. The predicted octanol–water partition coefficient (Wildman–Crippen LogP) is 4.37. The lowest BCUT2D eigenvalue weighted by Crippen LogP contribution is -2.44. The first kappa shape index (κ1) is 19.2. The number of aromatic nitrogens is 2. The van der Waals surface area contributed by atoms with Crippen molar-refractivity contribution < 1.29 is 13.2 Å². The highest BCUT2D eigenvalue weighted by atomic mass is 35.5. The van der Waals surface area contributed by atoms with Crippen molar-refractivity contribution in [3.63, 3.8) is 0 Å². The second-order valence-corrected chi connectivity index (χ2v) is 8.90. The minimum Gasteiger partial charge on any atom is -0.319 e. The lowest BCUT2D eigenvalue weighted by atomic mass is 10.1. The molecule has 0 amide bonds. The van der Waals surface area contributed by atoms with Gasteiger partial charge in [0.15, 0.2) is 11.7 Å². The highest BCUT2D eigenvalue weighted by Gasteiger charge is 2.35. The molecule has 6 nitrogen and oxygen atoms in total. The Bertz CT molecular complexity index is 2020. The Kier molecular flexibility index (Phi) is 3.44. The molecule has 0 fully saturated rings. The van der Waals surface area contributed by atoms with Gasteiger partial charge in [0, 0.05) is 32.7 Å². The van der Waals surface area contributed by atoms with Crippen LogP contribution in [-0.2, 0) is 0 Å². The topological polar surface area (TPSA) is 59.3 Å². The van der Waals surface area contributed by atoms with Gasteiger partial charge in [-0.05, 0) is 54.6 Å². The van der Waals surface area contributed by atoms with E-state index in [0.717, 1.165) is 0 Å². The van der Waals surface area contributed by atoms with Crippen molar-refractivity contribution in [2.75, 3.05) is 0 Å². The van der Waals surface area contributed by atoms with Gasteiger partial charge in [0.25, 0.3) is 0 Å². The molecule has 0 spiro atoms. The highest BCUT2D eigenvalue weighted by molar-refractivity contribution is 7.05. The molecule has 3 aliphatic rings. The molecule has 0 atom stereocenters. The third-order valence-corrected chi connectivity index (χ3v) is 6.97. The summed E-state index contributed by atoms with van der Waals surface area (Å²) in [6.45, 7) is 0. The summed E-state index contributed by atoms with van der Waals surface area (Å²) in [7, 11) is 0. The van der Waals surface area contributed by atoms with Crippen LogP contribution in [0.4, 0.5) is 24.8 Å². The van der Waals surface area contributed by atoms with Gasteiger partial charge in [-0.1, -0.05) is 0 Å². The van der Waals surface area contributed by atoms with Crippen molar-refractivity contribution in [1.29, 1.82) is 0 Å². The average Bonchev–Trinajstić information content (AvgIpc) is 3.43. The third kappa shape index (κ3) is 2.36. The van der Waals surface area contributed by atoms with E-state index in [-0.39, 0.29) is 5.84 Å². The van der Waals surface area contributed by atoms with Gasteiger partial charge in [0.1, 0.15) is 40.1 Å². The van der Waals surface area contributed by atoms with E-state index in [0.29, 0.717) is 61.1 Å². The lowest BCUT2D eigenvalue weighted by Gasteiger charge is -2.18. The molecule has 0 saturated carbocycles. The van der Waals surface area contributed by atoms with E-state index >= 15 is 0 Å². The van der Waals surface area contributed by atoms with Crippen LogP contribution in [0.2, 0.25) is 0 Å². The molecular weight excluding hydrogens is 476 g/mol. The second-order valence-electron chi connectivity index (χ2n) is 8.51. The van der Waals surface area contributed by atoms with E-state index in [1.54, 1.807) is 27.2 Å². The minimum absolute atomic E-state index is 0.245. The first-order valence-corrected chi connectivity index (χ1v) is 11.1. The van der Waals surface area contributed by atoms with E-state index in [4.69, 9.17) is 26.4 Å². The number of fused-ring (bicyclic) bond motifs is 10. The van der Waals surface area contributed by atoms with Gasteiger partial charge in [-0.2, -0.15) is 0 Å². The van der Waals surface area contributed by atoms with Crippen LogP contribution < -0.4 is 11.0 Å². The smallest absolute Gasteiger partial charge is 0.319 e. The normalized spacial score (nSPS) is 17.5. The van der Waals surface area contributed by atoms with Crippen LogP contribution >= 0.6 is 11.5 Å². The quantitative estimate of drug-likeness (QED) is 0.293. The molecule has 166 valence electrons. The Labute approximate surface area is 199 Å². The van der Waals surface area contributed by atoms with Crippen LogP contribution in [0.5, 0.6) is 0 Å². The number of amidine groups is 2. The number of benzene rings is 3. The van der Waals surface area contributed by atoms with Crippen molar-refractivity contribution in [1.82, 2.24) is 8.96 Å². The van der Waals surface area contributed by atoms with Gasteiger partial charge in [-0.25, -0.2) is 33.1 Å². The molecule has 3 aromatic carbocycles. The van der Waals surface area contributed by atoms with E-state index in [9.17, 15) is 13.2 Å². The lowest BCUT2D eigenvalue weighted by molar-refractivity contribution is 0.627. The number of nitrogens with zero attached hydrogens (tertiary/aromatic N) is 6. The van der Waals surface area contributed by atoms with Crippen molar-refractivity contribution in [3.05, 3.63) is 94.2 Å². The van der Waals surface area contributed by atoms with Gasteiger partial charge >= 0.3 is 6.40 Å². The maximum atomic E-state index is 14.3. The SMILES string of the molecule is Fc1ccc2c(c1)C1=NC/2=N\c2c3cc(F)ccc3c3n2B(Cl)n2c(c4cc(F)ccc4/c2=N/1)=N3. The zero-order chi connectivity index (χ0) is 23.6. The minimum atomic E-state index is -0.889. The van der Waals surface area contributed by atoms with Crippen LogP contribution in [0.15, 0.2) is 74.6 Å². The fourth-order valence-electron chi connectivity index (χ4n) is 5.08. The maximum absolute atomic E-state index is 14.3. The van der Waals surface area contributed by atoms with E-state index < -0.39 is 23.8 Å². The molecule has 11 heteroatoms. The molecule has 2 aromatic heterocycles. The number of aliphatic imine (C=N–C) groups is 2. The molecule has 0 radical (unpaired) electrons. The van der Waals surface area contributed by atoms with Gasteiger partial charge in [0.05, 0.1) is 0 Å². The maximum Gasteiger partial charge on any atom is 0.499 e. The number of rotatable bonds is 0. The Morgan fingerprint density at radius 1 is 0.571 bits per heavy atom. The summed E-state index contributed by atoms with van der Waals surface area (Å²) >= 11 is 7.05. The average molecular weight is 485 g/mol. The first-order chi connectivity index (χ1) is 17.0. The Morgan fingerprint density at radius 2 is 1.20 bits per heavy atom. The van der Waals surface area contributed by atoms with Gasteiger partial charge in [-0.15, -0.1) is 11.5 Å². The Morgan fingerprint density at radius 3 is 2.03 bits per heavy atom. The van der Waals surface area contributed by atoms with Crippen LogP contribution in [0.1, 0.15) is 11.1 Å². The summed E-state index contributed by atoms with van der Waals surface area (Å²) in [6.07, 6.45) is -0.889. The Hall–Kier alpha value is -4.18. The number of halogens is 4. The van der Waals surface area contributed by atoms with Crippen LogP contribution in [0, 0.1) is 17.5 Å². The second kappa shape index (κ2) is 6.28. The molecule has 0 N–H and O–H groups in total. The van der Waals surface area contributed by atoms with E-state index in [2.05, 4.69) is 4.99 Å². The van der Waals surface area contributed by atoms with E-state index in [1.807, 2.05) is 0 Å².